The van der Waals surface area contributed by atoms with Crippen LogP contribution in [0.4, 0.5) is 0 Å². The summed E-state index contributed by atoms with van der Waals surface area (Å²) in [7, 11) is 0. The van der Waals surface area contributed by atoms with Crippen LogP contribution in [-0.4, -0.2) is 6.04 Å². The van der Waals surface area contributed by atoms with Crippen molar-refractivity contribution in [2.24, 2.45) is 11.8 Å². The minimum Gasteiger partial charge on any atom is -0.307 e. The molecule has 1 fully saturated rings. The highest BCUT2D eigenvalue weighted by molar-refractivity contribution is 5.21. The Morgan fingerprint density at radius 3 is 2.19 bits per heavy atom. The monoisotopic (exact) mass is 217 g/mol. The van der Waals surface area contributed by atoms with Crippen LogP contribution in [0.2, 0.25) is 0 Å². The lowest BCUT2D eigenvalue weighted by Gasteiger charge is -2.26. The van der Waals surface area contributed by atoms with Gasteiger partial charge in [0.05, 0.1) is 0 Å². The summed E-state index contributed by atoms with van der Waals surface area (Å²) >= 11 is 0. The van der Waals surface area contributed by atoms with Gasteiger partial charge in [0.2, 0.25) is 0 Å². The van der Waals surface area contributed by atoms with E-state index in [2.05, 4.69) is 56.4 Å². The fraction of sp³-hybridized carbons (Fsp3) is 0.600. The predicted octanol–water partition coefficient (Wildman–Crippen LogP) is 3.77. The normalized spacial score (nSPS) is 19.8. The van der Waals surface area contributed by atoms with Crippen molar-refractivity contribution in [2.45, 2.75) is 45.7 Å². The number of hydrogen-bond acceptors (Lipinski definition) is 1. The third-order valence-electron chi connectivity index (χ3n) is 3.69. The van der Waals surface area contributed by atoms with Crippen molar-refractivity contribution in [2.75, 3.05) is 0 Å². The van der Waals surface area contributed by atoms with Crippen molar-refractivity contribution < 1.29 is 0 Å². The molecule has 0 saturated heterocycles. The van der Waals surface area contributed by atoms with Crippen LogP contribution in [0, 0.1) is 11.8 Å². The quantitative estimate of drug-likeness (QED) is 0.791. The first kappa shape index (κ1) is 11.7. The molecule has 1 aliphatic carbocycles. The van der Waals surface area contributed by atoms with Crippen LogP contribution in [-0.2, 0) is 0 Å². The third-order valence-corrected chi connectivity index (χ3v) is 3.69. The van der Waals surface area contributed by atoms with E-state index >= 15 is 0 Å². The largest absolute Gasteiger partial charge is 0.307 e. The van der Waals surface area contributed by atoms with Gasteiger partial charge in [-0.1, -0.05) is 44.2 Å². The lowest BCUT2D eigenvalue weighted by atomic mass is 9.98. The van der Waals surface area contributed by atoms with Crippen LogP contribution < -0.4 is 5.32 Å². The summed E-state index contributed by atoms with van der Waals surface area (Å²) in [5.74, 6) is 1.56. The van der Waals surface area contributed by atoms with Gasteiger partial charge in [0, 0.05) is 12.1 Å². The van der Waals surface area contributed by atoms with Crippen LogP contribution in [0.15, 0.2) is 30.3 Å². The standard InChI is InChI=1S/C15H23N/c1-11(2)12(3)16-15(14-9-10-14)13-7-5-4-6-8-13/h4-8,11-12,14-16H,9-10H2,1-3H3. The molecule has 2 rings (SSSR count). The molecule has 1 saturated carbocycles. The van der Waals surface area contributed by atoms with E-state index in [1.807, 2.05) is 0 Å². The summed E-state index contributed by atoms with van der Waals surface area (Å²) in [5.41, 5.74) is 1.46. The number of benzene rings is 1. The van der Waals surface area contributed by atoms with E-state index in [1.54, 1.807) is 0 Å². The molecule has 1 N–H and O–H groups in total. The second kappa shape index (κ2) is 5.01. The highest BCUT2D eigenvalue weighted by Gasteiger charge is 2.33. The summed E-state index contributed by atoms with van der Waals surface area (Å²) in [4.78, 5) is 0. The highest BCUT2D eigenvalue weighted by Crippen LogP contribution is 2.41. The van der Waals surface area contributed by atoms with Gasteiger partial charge in [-0.3, -0.25) is 0 Å². The molecule has 0 radical (unpaired) electrons. The summed E-state index contributed by atoms with van der Waals surface area (Å²) in [6, 6.07) is 12.0. The van der Waals surface area contributed by atoms with Crippen LogP contribution in [0.1, 0.15) is 45.2 Å². The molecule has 1 aromatic rings. The van der Waals surface area contributed by atoms with Gasteiger partial charge in [0.1, 0.15) is 0 Å². The van der Waals surface area contributed by atoms with Gasteiger partial charge in [0.25, 0.3) is 0 Å². The highest BCUT2D eigenvalue weighted by atomic mass is 15.0. The molecule has 0 amide bonds. The van der Waals surface area contributed by atoms with Crippen molar-refractivity contribution in [1.82, 2.24) is 5.32 Å². The Morgan fingerprint density at radius 1 is 1.06 bits per heavy atom. The predicted molar refractivity (Wildman–Crippen MR) is 69.3 cm³/mol. The van der Waals surface area contributed by atoms with E-state index in [4.69, 9.17) is 0 Å². The molecule has 1 nitrogen and oxygen atoms in total. The number of rotatable bonds is 5. The second-order valence-electron chi connectivity index (χ2n) is 5.43. The Morgan fingerprint density at radius 2 is 1.69 bits per heavy atom. The van der Waals surface area contributed by atoms with Gasteiger partial charge in [0.15, 0.2) is 0 Å². The average Bonchev–Trinajstić information content (AvgIpc) is 3.10. The number of nitrogens with one attached hydrogen (secondary N) is 1. The topological polar surface area (TPSA) is 12.0 Å². The molecule has 0 heterocycles. The summed E-state index contributed by atoms with van der Waals surface area (Å²) in [5, 5.41) is 3.79. The summed E-state index contributed by atoms with van der Waals surface area (Å²) in [6.07, 6.45) is 2.77. The first-order chi connectivity index (χ1) is 7.68. The van der Waals surface area contributed by atoms with Gasteiger partial charge in [-0.05, 0) is 37.2 Å². The smallest absolute Gasteiger partial charge is 0.0351 e. The Labute approximate surface area is 99.3 Å². The average molecular weight is 217 g/mol. The second-order valence-corrected chi connectivity index (χ2v) is 5.43. The van der Waals surface area contributed by atoms with Crippen molar-refractivity contribution in [3.8, 4) is 0 Å². The van der Waals surface area contributed by atoms with Crippen LogP contribution >= 0.6 is 0 Å². The van der Waals surface area contributed by atoms with Gasteiger partial charge in [-0.15, -0.1) is 0 Å². The molecule has 0 aliphatic heterocycles. The van der Waals surface area contributed by atoms with Crippen molar-refractivity contribution in [1.29, 1.82) is 0 Å². The maximum absolute atomic E-state index is 3.79. The Hall–Kier alpha value is -0.820. The SMILES string of the molecule is CC(C)C(C)NC(c1ccccc1)C1CC1. The maximum atomic E-state index is 3.79. The van der Waals surface area contributed by atoms with E-state index < -0.39 is 0 Å². The lowest BCUT2D eigenvalue weighted by molar-refractivity contribution is 0.354. The van der Waals surface area contributed by atoms with Crippen molar-refractivity contribution in [3.05, 3.63) is 35.9 Å². The zero-order chi connectivity index (χ0) is 11.5. The van der Waals surface area contributed by atoms with Crippen molar-refractivity contribution in [3.63, 3.8) is 0 Å². The lowest BCUT2D eigenvalue weighted by Crippen LogP contribution is -2.35. The van der Waals surface area contributed by atoms with Crippen LogP contribution in [0.25, 0.3) is 0 Å². The van der Waals surface area contributed by atoms with E-state index in [0.717, 1.165) is 5.92 Å². The Kier molecular flexibility index (Phi) is 3.65. The van der Waals surface area contributed by atoms with Crippen LogP contribution in [0.3, 0.4) is 0 Å². The third kappa shape index (κ3) is 2.85. The Balaban J connectivity index is 2.06. The summed E-state index contributed by atoms with van der Waals surface area (Å²) in [6.45, 7) is 6.86. The maximum Gasteiger partial charge on any atom is 0.0351 e. The van der Waals surface area contributed by atoms with Gasteiger partial charge < -0.3 is 5.32 Å². The zero-order valence-electron chi connectivity index (χ0n) is 10.6. The van der Waals surface area contributed by atoms with Gasteiger partial charge >= 0.3 is 0 Å². The molecule has 16 heavy (non-hydrogen) atoms. The molecule has 2 atom stereocenters. The summed E-state index contributed by atoms with van der Waals surface area (Å²) < 4.78 is 0. The van der Waals surface area contributed by atoms with E-state index in [-0.39, 0.29) is 0 Å². The molecule has 0 aromatic heterocycles. The zero-order valence-corrected chi connectivity index (χ0v) is 10.6. The van der Waals surface area contributed by atoms with Crippen LogP contribution in [0.5, 0.6) is 0 Å². The molecular weight excluding hydrogens is 194 g/mol. The van der Waals surface area contributed by atoms with E-state index in [9.17, 15) is 0 Å². The van der Waals surface area contributed by atoms with Crippen molar-refractivity contribution >= 4 is 0 Å². The molecule has 1 aliphatic rings. The van der Waals surface area contributed by atoms with E-state index in [1.165, 1.54) is 18.4 Å². The Bertz CT molecular complexity index is 313. The fourth-order valence-corrected chi connectivity index (χ4v) is 2.07. The first-order valence-electron chi connectivity index (χ1n) is 6.49. The molecule has 1 aromatic carbocycles. The molecule has 1 heteroatoms. The minimum absolute atomic E-state index is 0.568. The van der Waals surface area contributed by atoms with Gasteiger partial charge in [-0.2, -0.15) is 0 Å². The molecule has 0 spiro atoms. The molecule has 2 unspecified atom stereocenters. The number of hydrogen-bond donors (Lipinski definition) is 1. The van der Waals surface area contributed by atoms with Gasteiger partial charge in [-0.25, -0.2) is 0 Å². The van der Waals surface area contributed by atoms with E-state index in [0.29, 0.717) is 18.0 Å². The molecule has 0 bridgehead atoms. The molecule has 88 valence electrons. The fourth-order valence-electron chi connectivity index (χ4n) is 2.07. The first-order valence-corrected chi connectivity index (χ1v) is 6.49. The molecular formula is C15H23N. The minimum atomic E-state index is 0.568.